The Hall–Kier alpha value is -3.32. The quantitative estimate of drug-likeness (QED) is 0.499. The van der Waals surface area contributed by atoms with E-state index in [0.717, 1.165) is 33.3 Å². The van der Waals surface area contributed by atoms with E-state index < -0.39 is 0 Å². The molecule has 4 rings (SSSR count). The van der Waals surface area contributed by atoms with Crippen molar-refractivity contribution in [3.63, 3.8) is 0 Å². The molecule has 0 aliphatic carbocycles. The van der Waals surface area contributed by atoms with Crippen molar-refractivity contribution in [2.24, 2.45) is 0 Å². The van der Waals surface area contributed by atoms with Crippen LogP contribution >= 0.6 is 11.3 Å². The van der Waals surface area contributed by atoms with Gasteiger partial charge in [0.25, 0.3) is 5.91 Å². The highest BCUT2D eigenvalue weighted by Crippen LogP contribution is 2.31. The van der Waals surface area contributed by atoms with Gasteiger partial charge in [-0.2, -0.15) is 0 Å². The minimum Gasteiger partial charge on any atom is -0.302 e. The Morgan fingerprint density at radius 2 is 1.86 bits per heavy atom. The lowest BCUT2D eigenvalue weighted by Crippen LogP contribution is -2.13. The van der Waals surface area contributed by atoms with Crippen LogP contribution in [0.5, 0.6) is 0 Å². The third-order valence-electron chi connectivity index (χ3n) is 4.69. The van der Waals surface area contributed by atoms with Crippen LogP contribution in [0.4, 0.5) is 9.52 Å². The van der Waals surface area contributed by atoms with Crippen molar-refractivity contribution >= 4 is 22.4 Å². The molecule has 0 unspecified atom stereocenters. The molecule has 0 atom stereocenters. The molecule has 0 radical (unpaired) electrons. The van der Waals surface area contributed by atoms with E-state index in [0.29, 0.717) is 10.7 Å². The third kappa shape index (κ3) is 3.69. The largest absolute Gasteiger partial charge is 0.302 e. The summed E-state index contributed by atoms with van der Waals surface area (Å²) in [6.45, 7) is 5.77. The van der Waals surface area contributed by atoms with Gasteiger partial charge in [-0.05, 0) is 63.2 Å². The van der Waals surface area contributed by atoms with Gasteiger partial charge in [-0.25, -0.2) is 14.4 Å². The Bertz CT molecular complexity index is 1180. The van der Waals surface area contributed by atoms with Crippen LogP contribution in [0.1, 0.15) is 26.6 Å². The van der Waals surface area contributed by atoms with E-state index in [-0.39, 0.29) is 11.7 Å². The van der Waals surface area contributed by atoms with Crippen molar-refractivity contribution < 1.29 is 9.18 Å². The number of nitrogens with zero attached hydrogens (tertiary/aromatic N) is 3. The number of nitrogens with one attached hydrogen (secondary N) is 1. The Balaban J connectivity index is 1.61. The number of hydrogen-bond acceptors (Lipinski definition) is 4. The van der Waals surface area contributed by atoms with E-state index in [4.69, 9.17) is 0 Å². The fourth-order valence-electron chi connectivity index (χ4n) is 3.32. The standard InChI is InChI=1S/C22H19FN4OS/c1-13-12-18(14(2)27(13)19-6-4-5-11-24-19)21(28)26-22-25-20(15(3)29-22)16-7-9-17(23)10-8-16/h4-12H,1-3H3,(H,25,26,28). The Morgan fingerprint density at radius 1 is 1.10 bits per heavy atom. The van der Waals surface area contributed by atoms with Crippen LogP contribution in [0.15, 0.2) is 54.7 Å². The van der Waals surface area contributed by atoms with Crippen molar-refractivity contribution in [2.75, 3.05) is 5.32 Å². The van der Waals surface area contributed by atoms with Crippen molar-refractivity contribution in [1.29, 1.82) is 0 Å². The number of halogens is 1. The molecule has 1 aromatic carbocycles. The number of thiazole rings is 1. The number of benzene rings is 1. The fraction of sp³-hybridized carbons (Fsp3) is 0.136. The fourth-order valence-corrected chi connectivity index (χ4v) is 4.15. The van der Waals surface area contributed by atoms with Crippen LogP contribution in [0.3, 0.4) is 0 Å². The molecule has 7 heteroatoms. The minimum absolute atomic E-state index is 0.223. The highest BCUT2D eigenvalue weighted by Gasteiger charge is 2.19. The number of carbonyl (C=O) groups is 1. The molecule has 4 aromatic rings. The lowest BCUT2D eigenvalue weighted by Gasteiger charge is -2.08. The SMILES string of the molecule is Cc1sc(NC(=O)c2cc(C)n(-c3ccccn3)c2C)nc1-c1ccc(F)cc1. The van der Waals surface area contributed by atoms with E-state index in [1.165, 1.54) is 23.5 Å². The van der Waals surface area contributed by atoms with Crippen molar-refractivity contribution in [2.45, 2.75) is 20.8 Å². The number of rotatable bonds is 4. The van der Waals surface area contributed by atoms with Crippen molar-refractivity contribution in [3.8, 4) is 17.1 Å². The second kappa shape index (κ2) is 7.60. The molecule has 0 fully saturated rings. The normalized spacial score (nSPS) is 10.9. The first-order valence-corrected chi connectivity index (χ1v) is 9.91. The van der Waals surface area contributed by atoms with Crippen LogP contribution in [0.2, 0.25) is 0 Å². The van der Waals surface area contributed by atoms with Crippen LogP contribution in [0, 0.1) is 26.6 Å². The summed E-state index contributed by atoms with van der Waals surface area (Å²) in [5, 5.41) is 3.40. The summed E-state index contributed by atoms with van der Waals surface area (Å²) in [5.41, 5.74) is 3.86. The first-order chi connectivity index (χ1) is 13.9. The number of pyridine rings is 1. The highest BCUT2D eigenvalue weighted by molar-refractivity contribution is 7.16. The maximum atomic E-state index is 13.2. The minimum atomic E-state index is -0.293. The van der Waals surface area contributed by atoms with E-state index >= 15 is 0 Å². The third-order valence-corrected chi connectivity index (χ3v) is 5.58. The molecular weight excluding hydrogens is 387 g/mol. The average Bonchev–Trinajstić information content (AvgIpc) is 3.22. The van der Waals surface area contributed by atoms with Gasteiger partial charge in [-0.1, -0.05) is 6.07 Å². The molecule has 0 spiro atoms. The number of anilines is 1. The first kappa shape index (κ1) is 19.0. The van der Waals surface area contributed by atoms with Gasteiger partial charge in [-0.3, -0.25) is 10.1 Å². The van der Waals surface area contributed by atoms with Gasteiger partial charge in [0.1, 0.15) is 11.6 Å². The molecule has 29 heavy (non-hydrogen) atoms. The monoisotopic (exact) mass is 406 g/mol. The molecule has 1 N–H and O–H groups in total. The van der Waals surface area contributed by atoms with Gasteiger partial charge in [0.2, 0.25) is 0 Å². The molecule has 146 valence electrons. The van der Waals surface area contributed by atoms with Crippen molar-refractivity contribution in [1.82, 2.24) is 14.5 Å². The number of aromatic nitrogens is 3. The van der Waals surface area contributed by atoms with Crippen LogP contribution in [-0.2, 0) is 0 Å². The zero-order valence-electron chi connectivity index (χ0n) is 16.2. The molecule has 3 heterocycles. The topological polar surface area (TPSA) is 59.8 Å². The van der Waals surface area contributed by atoms with Gasteiger partial charge in [0.15, 0.2) is 5.13 Å². The van der Waals surface area contributed by atoms with Gasteiger partial charge >= 0.3 is 0 Å². The van der Waals surface area contributed by atoms with Crippen LogP contribution in [0.25, 0.3) is 17.1 Å². The number of carbonyl (C=O) groups excluding carboxylic acids is 1. The molecule has 3 aromatic heterocycles. The zero-order valence-corrected chi connectivity index (χ0v) is 17.0. The van der Waals surface area contributed by atoms with Crippen molar-refractivity contribution in [3.05, 3.63) is 82.4 Å². The summed E-state index contributed by atoms with van der Waals surface area (Å²) in [5.74, 6) is 0.253. The summed E-state index contributed by atoms with van der Waals surface area (Å²) in [6.07, 6.45) is 1.73. The predicted octanol–water partition coefficient (Wildman–Crippen LogP) is 5.31. The molecule has 0 aliphatic rings. The van der Waals surface area contributed by atoms with Gasteiger partial charge in [0, 0.05) is 28.0 Å². The van der Waals surface area contributed by atoms with E-state index in [9.17, 15) is 9.18 Å². The maximum Gasteiger partial charge on any atom is 0.259 e. The van der Waals surface area contributed by atoms with Gasteiger partial charge in [-0.15, -0.1) is 11.3 Å². The number of hydrogen-bond donors (Lipinski definition) is 1. The summed E-state index contributed by atoms with van der Waals surface area (Å²) in [6, 6.07) is 13.7. The predicted molar refractivity (Wildman–Crippen MR) is 113 cm³/mol. The summed E-state index contributed by atoms with van der Waals surface area (Å²) >= 11 is 1.39. The average molecular weight is 406 g/mol. The lowest BCUT2D eigenvalue weighted by atomic mass is 10.1. The molecule has 0 saturated heterocycles. The number of amides is 1. The molecule has 0 aliphatic heterocycles. The van der Waals surface area contributed by atoms with Crippen LogP contribution < -0.4 is 5.32 Å². The lowest BCUT2D eigenvalue weighted by molar-refractivity contribution is 0.102. The summed E-state index contributed by atoms with van der Waals surface area (Å²) in [7, 11) is 0. The summed E-state index contributed by atoms with van der Waals surface area (Å²) < 4.78 is 15.1. The van der Waals surface area contributed by atoms with Gasteiger partial charge in [0.05, 0.1) is 11.3 Å². The van der Waals surface area contributed by atoms with E-state index in [1.54, 1.807) is 18.3 Å². The molecule has 0 bridgehead atoms. The Labute approximate surface area is 171 Å². The second-order valence-corrected chi connectivity index (χ2v) is 7.90. The molecule has 0 saturated carbocycles. The molecular formula is C22H19FN4OS. The van der Waals surface area contributed by atoms with Crippen LogP contribution in [-0.4, -0.2) is 20.4 Å². The smallest absolute Gasteiger partial charge is 0.259 e. The second-order valence-electron chi connectivity index (χ2n) is 6.69. The number of aryl methyl sites for hydroxylation is 2. The molecule has 1 amide bonds. The maximum absolute atomic E-state index is 13.2. The molecule has 5 nitrogen and oxygen atoms in total. The first-order valence-electron chi connectivity index (χ1n) is 9.09. The Morgan fingerprint density at radius 3 is 2.55 bits per heavy atom. The van der Waals surface area contributed by atoms with Gasteiger partial charge < -0.3 is 4.57 Å². The van der Waals surface area contributed by atoms with E-state index in [2.05, 4.69) is 15.3 Å². The van der Waals surface area contributed by atoms with E-state index in [1.807, 2.05) is 49.6 Å². The highest BCUT2D eigenvalue weighted by atomic mass is 32.1. The Kier molecular flexibility index (Phi) is 4.98. The summed E-state index contributed by atoms with van der Waals surface area (Å²) in [4.78, 5) is 22.8. The zero-order chi connectivity index (χ0) is 20.5.